The minimum Gasteiger partial charge on any atom is -0.305 e. The van der Waals surface area contributed by atoms with Gasteiger partial charge in [0.05, 0.1) is 17.6 Å². The number of aromatic nitrogens is 2. The molecule has 0 atom stereocenters. The molecule has 1 aromatic carbocycles. The quantitative estimate of drug-likeness (QED) is 0.403. The van der Waals surface area contributed by atoms with Crippen molar-refractivity contribution < 1.29 is 9.95 Å². The zero-order chi connectivity index (χ0) is 13.8. The number of hydrogen-bond donors (Lipinski definition) is 1. The van der Waals surface area contributed by atoms with Crippen molar-refractivity contribution >= 4 is 6.21 Å². The van der Waals surface area contributed by atoms with Gasteiger partial charge < -0.3 is 4.57 Å². The third-order valence-electron chi connectivity index (χ3n) is 3.94. The van der Waals surface area contributed by atoms with Crippen molar-refractivity contribution in [1.29, 1.82) is 0 Å². The van der Waals surface area contributed by atoms with Gasteiger partial charge in [-0.25, -0.2) is 4.98 Å². The molecule has 1 aromatic heterocycles. The van der Waals surface area contributed by atoms with Crippen molar-refractivity contribution in [2.24, 2.45) is 0 Å². The zero-order valence-corrected chi connectivity index (χ0v) is 11.5. The first-order chi connectivity index (χ1) is 9.84. The molecular weight excluding hydrogens is 250 g/mol. The van der Waals surface area contributed by atoms with Crippen molar-refractivity contribution in [2.75, 3.05) is 0 Å². The molecule has 1 N–H and O–H groups in total. The van der Waals surface area contributed by atoms with Gasteiger partial charge in [0, 0.05) is 25.2 Å². The molecular formula is C16H20N3O+. The van der Waals surface area contributed by atoms with E-state index < -0.39 is 0 Å². The van der Waals surface area contributed by atoms with Crippen LogP contribution in [0.4, 0.5) is 0 Å². The molecule has 4 nitrogen and oxygen atoms in total. The van der Waals surface area contributed by atoms with E-state index in [9.17, 15) is 5.21 Å². The molecule has 1 saturated carbocycles. The van der Waals surface area contributed by atoms with Crippen LogP contribution < -0.4 is 0 Å². The summed E-state index contributed by atoms with van der Waals surface area (Å²) in [7, 11) is 0. The van der Waals surface area contributed by atoms with E-state index in [-0.39, 0.29) is 6.04 Å². The van der Waals surface area contributed by atoms with Crippen LogP contribution in [-0.4, -0.2) is 31.8 Å². The lowest BCUT2D eigenvalue weighted by atomic mass is 9.96. The van der Waals surface area contributed by atoms with Gasteiger partial charge in [-0.1, -0.05) is 18.6 Å². The van der Waals surface area contributed by atoms with Gasteiger partial charge in [-0.15, -0.1) is 0 Å². The Hall–Kier alpha value is -2.10. The van der Waals surface area contributed by atoms with Crippen molar-refractivity contribution in [1.82, 2.24) is 9.55 Å². The molecule has 0 spiro atoms. The fraction of sp³-hybridized carbons (Fsp3) is 0.375. The Morgan fingerprint density at radius 2 is 2.00 bits per heavy atom. The average Bonchev–Trinajstić information content (AvgIpc) is 3.03. The molecule has 0 bridgehead atoms. The van der Waals surface area contributed by atoms with Crippen LogP contribution in [0.25, 0.3) is 5.69 Å². The normalized spacial score (nSPS) is 17.3. The Morgan fingerprint density at radius 1 is 1.20 bits per heavy atom. The maximum absolute atomic E-state index is 10.3. The van der Waals surface area contributed by atoms with Gasteiger partial charge in [-0.05, 0) is 29.7 Å². The van der Waals surface area contributed by atoms with Crippen LogP contribution in [0.5, 0.6) is 0 Å². The van der Waals surface area contributed by atoms with Crippen LogP contribution in [0.2, 0.25) is 0 Å². The van der Waals surface area contributed by atoms with E-state index in [4.69, 9.17) is 0 Å². The van der Waals surface area contributed by atoms with E-state index in [0.29, 0.717) is 0 Å². The highest BCUT2D eigenvalue weighted by Gasteiger charge is 2.24. The van der Waals surface area contributed by atoms with Crippen molar-refractivity contribution in [3.63, 3.8) is 0 Å². The Bertz CT molecular complexity index is 584. The topological polar surface area (TPSA) is 41.1 Å². The Balaban J connectivity index is 1.90. The second-order valence-electron chi connectivity index (χ2n) is 5.33. The van der Waals surface area contributed by atoms with Crippen LogP contribution >= 0.6 is 0 Å². The SMILES string of the molecule is O/[N+](=C\c1ccccc1-n1ccnc1)C1CCCCC1. The molecule has 0 unspecified atom stereocenters. The lowest BCUT2D eigenvalue weighted by molar-refractivity contribution is -0.797. The monoisotopic (exact) mass is 270 g/mol. The Labute approximate surface area is 119 Å². The minimum atomic E-state index is 0.250. The maximum atomic E-state index is 10.3. The van der Waals surface area contributed by atoms with E-state index in [1.807, 2.05) is 41.2 Å². The molecule has 3 rings (SSSR count). The number of imidazole rings is 1. The first-order valence-electron chi connectivity index (χ1n) is 7.24. The molecule has 2 aromatic rings. The van der Waals surface area contributed by atoms with Crippen LogP contribution in [0.15, 0.2) is 43.0 Å². The third kappa shape index (κ3) is 2.74. The first-order valence-corrected chi connectivity index (χ1v) is 7.24. The number of rotatable bonds is 3. The van der Waals surface area contributed by atoms with Crippen molar-refractivity contribution in [3.05, 3.63) is 48.5 Å². The number of benzene rings is 1. The smallest absolute Gasteiger partial charge is 0.225 e. The molecule has 0 amide bonds. The zero-order valence-electron chi connectivity index (χ0n) is 11.5. The minimum absolute atomic E-state index is 0.250. The van der Waals surface area contributed by atoms with Gasteiger partial charge in [-0.3, -0.25) is 5.21 Å². The molecule has 0 saturated heterocycles. The largest absolute Gasteiger partial charge is 0.305 e. The summed E-state index contributed by atoms with van der Waals surface area (Å²) >= 11 is 0. The lowest BCUT2D eigenvalue weighted by Gasteiger charge is -2.15. The Morgan fingerprint density at radius 3 is 2.75 bits per heavy atom. The predicted octanol–water partition coefficient (Wildman–Crippen LogP) is 3.03. The lowest BCUT2D eigenvalue weighted by Crippen LogP contribution is -2.27. The highest BCUT2D eigenvalue weighted by atomic mass is 16.5. The fourth-order valence-electron chi connectivity index (χ4n) is 2.83. The molecule has 1 aliphatic carbocycles. The summed E-state index contributed by atoms with van der Waals surface area (Å²) < 4.78 is 3.36. The van der Waals surface area contributed by atoms with Gasteiger partial charge in [0.15, 0.2) is 0 Å². The molecule has 4 heteroatoms. The summed E-state index contributed by atoms with van der Waals surface area (Å²) in [6.07, 6.45) is 13.1. The highest BCUT2D eigenvalue weighted by Crippen LogP contribution is 2.20. The summed E-state index contributed by atoms with van der Waals surface area (Å²) in [6, 6.07) is 8.28. The highest BCUT2D eigenvalue weighted by molar-refractivity contribution is 5.81. The maximum Gasteiger partial charge on any atom is 0.225 e. The Kier molecular flexibility index (Phi) is 3.81. The van der Waals surface area contributed by atoms with Crippen molar-refractivity contribution in [3.8, 4) is 5.69 Å². The third-order valence-corrected chi connectivity index (χ3v) is 3.94. The van der Waals surface area contributed by atoms with E-state index in [1.54, 1.807) is 12.5 Å². The van der Waals surface area contributed by atoms with E-state index in [0.717, 1.165) is 24.1 Å². The molecule has 1 heterocycles. The van der Waals surface area contributed by atoms with Crippen LogP contribution in [0.3, 0.4) is 0 Å². The average molecular weight is 270 g/mol. The number of hydroxylamine groups is 1. The second-order valence-corrected chi connectivity index (χ2v) is 5.33. The standard InChI is InChI=1S/C16H20N3O/c20-19(15-7-2-1-3-8-15)12-14-6-4-5-9-16(14)18-11-10-17-13-18/h4-6,9-13,15,20H,1-3,7-8H2/q+1. The van der Waals surface area contributed by atoms with E-state index >= 15 is 0 Å². The molecule has 0 radical (unpaired) electrons. The molecule has 0 aliphatic heterocycles. The predicted molar refractivity (Wildman–Crippen MR) is 77.6 cm³/mol. The number of para-hydroxylation sites is 1. The fourth-order valence-corrected chi connectivity index (χ4v) is 2.83. The van der Waals surface area contributed by atoms with Crippen LogP contribution in [0.1, 0.15) is 37.7 Å². The summed E-state index contributed by atoms with van der Waals surface area (Å²) in [4.78, 5) is 4.08. The van der Waals surface area contributed by atoms with Gasteiger partial charge in [0.2, 0.25) is 12.3 Å². The van der Waals surface area contributed by atoms with Gasteiger partial charge in [0.1, 0.15) is 0 Å². The van der Waals surface area contributed by atoms with Crippen molar-refractivity contribution in [2.45, 2.75) is 38.1 Å². The molecule has 104 valence electrons. The molecule has 1 fully saturated rings. The summed E-state index contributed by atoms with van der Waals surface area (Å²) in [6.45, 7) is 0. The number of hydrogen-bond acceptors (Lipinski definition) is 2. The second kappa shape index (κ2) is 5.90. The summed E-state index contributed by atoms with van der Waals surface area (Å²) in [5.74, 6) is 0. The van der Waals surface area contributed by atoms with Crippen LogP contribution in [0, 0.1) is 0 Å². The van der Waals surface area contributed by atoms with E-state index in [2.05, 4.69) is 4.98 Å². The molecule has 1 aliphatic rings. The van der Waals surface area contributed by atoms with Gasteiger partial charge in [0.25, 0.3) is 0 Å². The van der Waals surface area contributed by atoms with Gasteiger partial charge >= 0.3 is 0 Å². The molecule has 20 heavy (non-hydrogen) atoms. The number of nitrogens with zero attached hydrogens (tertiary/aromatic N) is 3. The van der Waals surface area contributed by atoms with E-state index in [1.165, 1.54) is 24.0 Å². The summed E-state index contributed by atoms with van der Waals surface area (Å²) in [5.41, 5.74) is 2.03. The first kappa shape index (κ1) is 12.9. The van der Waals surface area contributed by atoms with Crippen LogP contribution in [-0.2, 0) is 0 Å². The van der Waals surface area contributed by atoms with Gasteiger partial charge in [-0.2, -0.15) is 0 Å². The summed E-state index contributed by atoms with van der Waals surface area (Å²) in [5, 5.41) is 10.3.